The van der Waals surface area contributed by atoms with Crippen molar-refractivity contribution in [3.05, 3.63) is 125 Å². The van der Waals surface area contributed by atoms with Crippen LogP contribution in [0.2, 0.25) is 0 Å². The van der Waals surface area contributed by atoms with Crippen molar-refractivity contribution in [1.29, 1.82) is 0 Å². The SMILES string of the molecule is CC(=O)CCCCN(CCc1ccccc1OCc1ccc(-c2ccccc2)cc1)Cc1cccc(C(=O)O)c1. The molecule has 0 amide bonds. The largest absolute Gasteiger partial charge is 0.489 e. The van der Waals surface area contributed by atoms with Crippen LogP contribution in [0.15, 0.2) is 103 Å². The lowest BCUT2D eigenvalue weighted by atomic mass is 10.0. The lowest BCUT2D eigenvalue weighted by molar-refractivity contribution is -0.117. The number of carboxylic acid groups (broad SMARTS) is 1. The second kappa shape index (κ2) is 14.8. The van der Waals surface area contributed by atoms with Crippen LogP contribution in [0.5, 0.6) is 5.75 Å². The highest BCUT2D eigenvalue weighted by Crippen LogP contribution is 2.23. The van der Waals surface area contributed by atoms with Crippen molar-refractivity contribution in [1.82, 2.24) is 4.90 Å². The molecule has 4 rings (SSSR count). The Labute approximate surface area is 237 Å². The monoisotopic (exact) mass is 535 g/mol. The minimum atomic E-state index is -0.921. The van der Waals surface area contributed by atoms with E-state index in [0.717, 1.165) is 54.8 Å². The lowest BCUT2D eigenvalue weighted by Gasteiger charge is -2.23. The molecule has 0 aliphatic rings. The molecule has 0 radical (unpaired) electrons. The van der Waals surface area contributed by atoms with E-state index >= 15 is 0 Å². The number of aromatic carboxylic acids is 1. The van der Waals surface area contributed by atoms with Gasteiger partial charge in [-0.1, -0.05) is 84.9 Å². The van der Waals surface area contributed by atoms with E-state index in [1.54, 1.807) is 25.1 Å². The first kappa shape index (κ1) is 28.8. The van der Waals surface area contributed by atoms with Crippen LogP contribution in [-0.2, 0) is 24.4 Å². The van der Waals surface area contributed by atoms with Crippen molar-refractivity contribution in [3.63, 3.8) is 0 Å². The van der Waals surface area contributed by atoms with E-state index in [1.807, 2.05) is 42.5 Å². The van der Waals surface area contributed by atoms with Gasteiger partial charge in [0.1, 0.15) is 18.1 Å². The van der Waals surface area contributed by atoms with Crippen molar-refractivity contribution in [2.75, 3.05) is 13.1 Å². The fourth-order valence-corrected chi connectivity index (χ4v) is 4.76. The Morgan fingerprint density at radius 3 is 2.23 bits per heavy atom. The molecule has 0 fully saturated rings. The molecule has 5 nitrogen and oxygen atoms in total. The van der Waals surface area contributed by atoms with Crippen molar-refractivity contribution in [2.45, 2.75) is 45.8 Å². The first-order valence-electron chi connectivity index (χ1n) is 13.9. The maximum Gasteiger partial charge on any atom is 0.335 e. The fourth-order valence-electron chi connectivity index (χ4n) is 4.76. The second-order valence-corrected chi connectivity index (χ2v) is 10.2. The third-order valence-electron chi connectivity index (χ3n) is 6.96. The van der Waals surface area contributed by atoms with Crippen LogP contribution in [0.25, 0.3) is 11.1 Å². The van der Waals surface area contributed by atoms with E-state index in [4.69, 9.17) is 4.74 Å². The van der Waals surface area contributed by atoms with Gasteiger partial charge in [0.25, 0.3) is 0 Å². The van der Waals surface area contributed by atoms with Crippen LogP contribution >= 0.6 is 0 Å². The van der Waals surface area contributed by atoms with Gasteiger partial charge in [-0.05, 0) is 78.7 Å². The molecule has 4 aromatic carbocycles. The Morgan fingerprint density at radius 1 is 0.750 bits per heavy atom. The van der Waals surface area contributed by atoms with E-state index in [-0.39, 0.29) is 5.78 Å². The molecule has 0 aliphatic carbocycles. The Morgan fingerprint density at radius 2 is 1.48 bits per heavy atom. The summed E-state index contributed by atoms with van der Waals surface area (Å²) in [6.07, 6.45) is 3.15. The Balaban J connectivity index is 1.38. The predicted octanol–water partition coefficient (Wildman–Crippen LogP) is 7.43. The van der Waals surface area contributed by atoms with Gasteiger partial charge in [0.2, 0.25) is 0 Å². The van der Waals surface area contributed by atoms with Gasteiger partial charge in [0.15, 0.2) is 0 Å². The number of ketones is 1. The maximum absolute atomic E-state index is 11.4. The van der Waals surface area contributed by atoms with Crippen molar-refractivity contribution in [2.24, 2.45) is 0 Å². The predicted molar refractivity (Wildman–Crippen MR) is 160 cm³/mol. The van der Waals surface area contributed by atoms with E-state index in [0.29, 0.717) is 25.1 Å². The molecule has 4 aromatic rings. The number of rotatable bonds is 15. The molecule has 0 unspecified atom stereocenters. The summed E-state index contributed by atoms with van der Waals surface area (Å²) in [5.41, 5.74) is 5.89. The van der Waals surface area contributed by atoms with Crippen LogP contribution in [-0.4, -0.2) is 34.8 Å². The van der Waals surface area contributed by atoms with Crippen LogP contribution in [0, 0.1) is 0 Å². The molecule has 206 valence electrons. The molecule has 0 saturated carbocycles. The molecule has 5 heteroatoms. The Kier molecular flexibility index (Phi) is 10.6. The van der Waals surface area contributed by atoms with E-state index < -0.39 is 5.97 Å². The summed E-state index contributed by atoms with van der Waals surface area (Å²) in [4.78, 5) is 25.2. The number of nitrogens with zero attached hydrogens (tertiary/aromatic N) is 1. The van der Waals surface area contributed by atoms with Crippen LogP contribution in [0.1, 0.15) is 53.2 Å². The third kappa shape index (κ3) is 8.92. The van der Waals surface area contributed by atoms with Gasteiger partial charge in [-0.25, -0.2) is 4.79 Å². The molecule has 0 heterocycles. The van der Waals surface area contributed by atoms with Crippen molar-refractivity contribution in [3.8, 4) is 16.9 Å². The van der Waals surface area contributed by atoms with Crippen molar-refractivity contribution >= 4 is 11.8 Å². The van der Waals surface area contributed by atoms with Gasteiger partial charge in [-0.2, -0.15) is 0 Å². The number of carbonyl (C=O) groups excluding carboxylic acids is 1. The van der Waals surface area contributed by atoms with Gasteiger partial charge in [0, 0.05) is 19.5 Å². The van der Waals surface area contributed by atoms with E-state index in [1.165, 1.54) is 11.1 Å². The highest BCUT2D eigenvalue weighted by atomic mass is 16.5. The number of Topliss-reactive ketones (excluding diaryl/α,β-unsaturated/α-hetero) is 1. The normalized spacial score (nSPS) is 10.9. The minimum absolute atomic E-state index is 0.210. The highest BCUT2D eigenvalue weighted by molar-refractivity contribution is 5.87. The molecular weight excluding hydrogens is 498 g/mol. The van der Waals surface area contributed by atoms with Gasteiger partial charge in [-0.3, -0.25) is 4.90 Å². The fraction of sp³-hybridized carbons (Fsp3) is 0.257. The summed E-state index contributed by atoms with van der Waals surface area (Å²) in [5, 5.41) is 9.39. The zero-order chi connectivity index (χ0) is 28.2. The van der Waals surface area contributed by atoms with E-state index in [9.17, 15) is 14.7 Å². The number of para-hydroxylation sites is 1. The zero-order valence-corrected chi connectivity index (χ0v) is 23.1. The Bertz CT molecular complexity index is 1380. The number of ether oxygens (including phenoxy) is 1. The molecule has 0 aromatic heterocycles. The summed E-state index contributed by atoms with van der Waals surface area (Å²) >= 11 is 0. The topological polar surface area (TPSA) is 66.8 Å². The molecule has 0 aliphatic heterocycles. The number of carboxylic acids is 1. The first-order chi connectivity index (χ1) is 19.5. The summed E-state index contributed by atoms with van der Waals surface area (Å²) in [6.45, 7) is 4.40. The highest BCUT2D eigenvalue weighted by Gasteiger charge is 2.12. The molecule has 40 heavy (non-hydrogen) atoms. The number of hydrogen-bond acceptors (Lipinski definition) is 4. The lowest BCUT2D eigenvalue weighted by Crippen LogP contribution is -2.27. The minimum Gasteiger partial charge on any atom is -0.489 e. The van der Waals surface area contributed by atoms with Crippen LogP contribution in [0.3, 0.4) is 0 Å². The number of carbonyl (C=O) groups is 2. The molecule has 0 bridgehead atoms. The van der Waals surface area contributed by atoms with Gasteiger partial charge >= 0.3 is 5.97 Å². The smallest absolute Gasteiger partial charge is 0.335 e. The first-order valence-corrected chi connectivity index (χ1v) is 13.9. The maximum atomic E-state index is 11.4. The number of unbranched alkanes of at least 4 members (excludes halogenated alkanes) is 1. The van der Waals surface area contributed by atoms with E-state index in [2.05, 4.69) is 47.4 Å². The molecule has 0 atom stereocenters. The molecule has 1 N–H and O–H groups in total. The average Bonchev–Trinajstić information content (AvgIpc) is 2.98. The second-order valence-electron chi connectivity index (χ2n) is 10.2. The quantitative estimate of drug-likeness (QED) is 0.160. The molecule has 0 saturated heterocycles. The Hall–Kier alpha value is -4.22. The third-order valence-corrected chi connectivity index (χ3v) is 6.96. The van der Waals surface area contributed by atoms with Gasteiger partial charge < -0.3 is 14.6 Å². The summed E-state index contributed by atoms with van der Waals surface area (Å²) < 4.78 is 6.27. The average molecular weight is 536 g/mol. The summed E-state index contributed by atoms with van der Waals surface area (Å²) in [7, 11) is 0. The van der Waals surface area contributed by atoms with Crippen LogP contribution in [0.4, 0.5) is 0 Å². The molecule has 0 spiro atoms. The number of benzene rings is 4. The van der Waals surface area contributed by atoms with Gasteiger partial charge in [0.05, 0.1) is 5.56 Å². The van der Waals surface area contributed by atoms with Crippen LogP contribution < -0.4 is 4.74 Å². The standard InChI is InChI=1S/C35H37NO4/c1-27(37)10-7-8-22-36(25-29-11-9-15-33(24-29)35(38)39)23-21-32-14-5-6-16-34(32)40-26-28-17-19-31(20-18-28)30-12-3-2-4-13-30/h2-6,9,11-20,24H,7-8,10,21-23,25-26H2,1H3,(H,38,39). The zero-order valence-electron chi connectivity index (χ0n) is 23.1. The number of hydrogen-bond donors (Lipinski definition) is 1. The summed E-state index contributed by atoms with van der Waals surface area (Å²) in [5.74, 6) is 0.163. The summed E-state index contributed by atoms with van der Waals surface area (Å²) in [6, 6.07) is 34.1. The van der Waals surface area contributed by atoms with Crippen molar-refractivity contribution < 1.29 is 19.4 Å². The molecular formula is C35H37NO4. The van der Waals surface area contributed by atoms with Gasteiger partial charge in [-0.15, -0.1) is 0 Å².